The van der Waals surface area contributed by atoms with Crippen LogP contribution in [0.25, 0.3) is 0 Å². The summed E-state index contributed by atoms with van der Waals surface area (Å²) in [6, 6.07) is 0. The molecule has 0 radical (unpaired) electrons. The van der Waals surface area contributed by atoms with Crippen molar-refractivity contribution >= 4 is 15.8 Å². The molecule has 1 atom stereocenters. The van der Waals surface area contributed by atoms with Gasteiger partial charge in [0.05, 0.1) is 24.3 Å². The van der Waals surface area contributed by atoms with E-state index in [0.29, 0.717) is 13.1 Å². The molecule has 1 N–H and O–H groups in total. The van der Waals surface area contributed by atoms with Crippen LogP contribution in [-0.2, 0) is 10.0 Å². The van der Waals surface area contributed by atoms with Gasteiger partial charge in [-0.05, 0) is 26.9 Å². The number of rotatable bonds is 6. The maximum absolute atomic E-state index is 11.7. The van der Waals surface area contributed by atoms with Gasteiger partial charge < -0.3 is 10.2 Å². The molecule has 1 aromatic rings. The average molecular weight is 327 g/mol. The van der Waals surface area contributed by atoms with Gasteiger partial charge in [0.2, 0.25) is 10.0 Å². The van der Waals surface area contributed by atoms with Crippen molar-refractivity contribution in [1.82, 2.24) is 19.2 Å². The van der Waals surface area contributed by atoms with Gasteiger partial charge in [-0.1, -0.05) is 0 Å². The molecule has 1 fully saturated rings. The predicted octanol–water partition coefficient (Wildman–Crippen LogP) is 0.589. The van der Waals surface area contributed by atoms with Crippen LogP contribution in [0.1, 0.15) is 24.5 Å². The van der Waals surface area contributed by atoms with Crippen molar-refractivity contribution in [2.75, 3.05) is 51.8 Å². The Kier molecular flexibility index (Phi) is 5.71. The summed E-state index contributed by atoms with van der Waals surface area (Å²) in [5, 5.41) is 3.22. The maximum atomic E-state index is 11.7. The third kappa shape index (κ3) is 4.89. The van der Waals surface area contributed by atoms with Crippen LogP contribution in [-0.4, -0.2) is 74.1 Å². The van der Waals surface area contributed by atoms with Crippen LogP contribution in [0.5, 0.6) is 0 Å². The highest BCUT2D eigenvalue weighted by atomic mass is 32.2. The molecule has 0 aliphatic carbocycles. The summed E-state index contributed by atoms with van der Waals surface area (Å²) in [7, 11) is 0.915. The number of piperidine rings is 1. The maximum Gasteiger partial charge on any atom is 0.211 e. The lowest BCUT2D eigenvalue weighted by Gasteiger charge is -2.30. The van der Waals surface area contributed by atoms with Crippen LogP contribution >= 0.6 is 0 Å². The molecule has 0 spiro atoms. The Morgan fingerprint density at radius 1 is 1.36 bits per heavy atom. The van der Waals surface area contributed by atoms with Crippen LogP contribution in [0.4, 0.5) is 5.82 Å². The molecule has 0 bridgehead atoms. The number of aromatic nitrogens is 2. The molecule has 1 aliphatic rings. The summed E-state index contributed by atoms with van der Waals surface area (Å²) in [6.07, 6.45) is 6.56. The van der Waals surface area contributed by atoms with E-state index >= 15 is 0 Å². The van der Waals surface area contributed by atoms with Crippen molar-refractivity contribution < 1.29 is 8.42 Å². The number of nitrogens with zero attached hydrogens (tertiary/aromatic N) is 4. The Labute approximate surface area is 132 Å². The number of anilines is 1. The molecular weight excluding hydrogens is 302 g/mol. The number of hydrogen-bond donors (Lipinski definition) is 1. The van der Waals surface area contributed by atoms with Gasteiger partial charge in [-0.15, -0.1) is 0 Å². The minimum Gasteiger partial charge on any atom is -0.368 e. The van der Waals surface area contributed by atoms with Gasteiger partial charge in [-0.25, -0.2) is 17.7 Å². The minimum atomic E-state index is -3.13. The fourth-order valence-corrected chi connectivity index (χ4v) is 3.44. The average Bonchev–Trinajstić information content (AvgIpc) is 2.47. The number of sulfonamides is 1. The molecule has 1 aromatic heterocycles. The topological polar surface area (TPSA) is 78.4 Å². The molecule has 124 valence electrons. The van der Waals surface area contributed by atoms with E-state index in [2.05, 4.69) is 20.2 Å². The fourth-order valence-electron chi connectivity index (χ4n) is 2.53. The third-order valence-electron chi connectivity index (χ3n) is 3.81. The lowest BCUT2D eigenvalue weighted by Crippen LogP contribution is -2.38. The molecule has 0 unspecified atom stereocenters. The van der Waals surface area contributed by atoms with Crippen LogP contribution in [0, 0.1) is 0 Å². The summed E-state index contributed by atoms with van der Waals surface area (Å²) in [5.41, 5.74) is 0.867. The number of likely N-dealkylation sites (N-methyl/N-ethyl adjacent to an activating group) is 1. The molecule has 0 saturated carbocycles. The van der Waals surface area contributed by atoms with Gasteiger partial charge in [0.25, 0.3) is 0 Å². The normalized spacial score (nSPS) is 20.3. The minimum absolute atomic E-state index is 0.131. The molecule has 1 saturated heterocycles. The van der Waals surface area contributed by atoms with Crippen molar-refractivity contribution in [2.24, 2.45) is 0 Å². The van der Waals surface area contributed by atoms with E-state index in [1.807, 2.05) is 14.1 Å². The summed E-state index contributed by atoms with van der Waals surface area (Å²) in [5.74, 6) is 0.883. The molecule has 22 heavy (non-hydrogen) atoms. The lowest BCUT2D eigenvalue weighted by molar-refractivity contribution is 0.314. The van der Waals surface area contributed by atoms with Crippen LogP contribution in [0.15, 0.2) is 12.4 Å². The van der Waals surface area contributed by atoms with E-state index in [0.717, 1.165) is 37.4 Å². The first kappa shape index (κ1) is 17.1. The predicted molar refractivity (Wildman–Crippen MR) is 87.5 cm³/mol. The van der Waals surface area contributed by atoms with Crippen LogP contribution in [0.3, 0.4) is 0 Å². The van der Waals surface area contributed by atoms with Gasteiger partial charge in [-0.3, -0.25) is 4.98 Å². The summed E-state index contributed by atoms with van der Waals surface area (Å²) in [6.45, 7) is 2.84. The first-order valence-electron chi connectivity index (χ1n) is 7.52. The van der Waals surface area contributed by atoms with Gasteiger partial charge in [0.1, 0.15) is 5.82 Å². The Bertz CT molecular complexity index is 573. The first-order valence-corrected chi connectivity index (χ1v) is 9.37. The van der Waals surface area contributed by atoms with E-state index in [9.17, 15) is 8.42 Å². The molecule has 2 heterocycles. The standard InChI is InChI=1S/C14H25N5O2S/c1-18(2)8-6-15-14-10-16-13(9-17-14)12-5-4-7-19(11-12)22(3,20)21/h9-10,12H,4-8,11H2,1-3H3,(H,15,17)/t12-/m0/s1. The first-order chi connectivity index (χ1) is 10.4. The van der Waals surface area contributed by atoms with Gasteiger partial charge in [0, 0.05) is 32.1 Å². The van der Waals surface area contributed by atoms with Crippen molar-refractivity contribution in [3.05, 3.63) is 18.1 Å². The van der Waals surface area contributed by atoms with Gasteiger partial charge >= 0.3 is 0 Å². The smallest absolute Gasteiger partial charge is 0.211 e. The zero-order valence-electron chi connectivity index (χ0n) is 13.5. The molecular formula is C14H25N5O2S. The second-order valence-corrected chi connectivity index (χ2v) is 8.00. The Morgan fingerprint density at radius 3 is 2.73 bits per heavy atom. The van der Waals surface area contributed by atoms with E-state index in [1.165, 1.54) is 10.6 Å². The highest BCUT2D eigenvalue weighted by molar-refractivity contribution is 7.88. The third-order valence-corrected chi connectivity index (χ3v) is 5.08. The Balaban J connectivity index is 1.95. The van der Waals surface area contributed by atoms with Crippen LogP contribution in [0.2, 0.25) is 0 Å². The largest absolute Gasteiger partial charge is 0.368 e. The van der Waals surface area contributed by atoms with Gasteiger partial charge in [0.15, 0.2) is 0 Å². The van der Waals surface area contributed by atoms with Crippen molar-refractivity contribution in [2.45, 2.75) is 18.8 Å². The van der Waals surface area contributed by atoms with Crippen molar-refractivity contribution in [3.63, 3.8) is 0 Å². The number of hydrogen-bond acceptors (Lipinski definition) is 6. The molecule has 8 heteroatoms. The summed E-state index contributed by atoms with van der Waals surface area (Å²) in [4.78, 5) is 10.9. The highest BCUT2D eigenvalue weighted by Gasteiger charge is 2.27. The van der Waals surface area contributed by atoms with Crippen molar-refractivity contribution in [1.29, 1.82) is 0 Å². The number of nitrogens with one attached hydrogen (secondary N) is 1. The second kappa shape index (κ2) is 7.34. The monoisotopic (exact) mass is 327 g/mol. The SMILES string of the molecule is CN(C)CCNc1cnc([C@H]2CCCN(S(C)(=O)=O)C2)cn1. The van der Waals surface area contributed by atoms with E-state index in [1.54, 1.807) is 12.4 Å². The molecule has 2 rings (SSSR count). The fraction of sp³-hybridized carbons (Fsp3) is 0.714. The Morgan fingerprint density at radius 2 is 2.14 bits per heavy atom. The molecule has 7 nitrogen and oxygen atoms in total. The van der Waals surface area contributed by atoms with E-state index in [-0.39, 0.29) is 5.92 Å². The second-order valence-electron chi connectivity index (χ2n) is 6.02. The van der Waals surface area contributed by atoms with Crippen molar-refractivity contribution in [3.8, 4) is 0 Å². The van der Waals surface area contributed by atoms with E-state index in [4.69, 9.17) is 0 Å². The molecule has 0 amide bonds. The summed E-state index contributed by atoms with van der Waals surface area (Å²) >= 11 is 0. The highest BCUT2D eigenvalue weighted by Crippen LogP contribution is 2.26. The summed E-state index contributed by atoms with van der Waals surface area (Å²) < 4.78 is 24.9. The quantitative estimate of drug-likeness (QED) is 0.824. The van der Waals surface area contributed by atoms with E-state index < -0.39 is 10.0 Å². The lowest BCUT2D eigenvalue weighted by atomic mass is 9.96. The molecule has 0 aromatic carbocycles. The van der Waals surface area contributed by atoms with Gasteiger partial charge in [-0.2, -0.15) is 0 Å². The zero-order valence-corrected chi connectivity index (χ0v) is 14.3. The van der Waals surface area contributed by atoms with Crippen LogP contribution < -0.4 is 5.32 Å². The molecule has 1 aliphatic heterocycles. The Hall–Kier alpha value is -1.25. The zero-order chi connectivity index (χ0) is 16.2.